The first kappa shape index (κ1) is 29.8. The van der Waals surface area contributed by atoms with E-state index in [4.69, 9.17) is 34.7 Å². The summed E-state index contributed by atoms with van der Waals surface area (Å²) in [4.78, 5) is 21.9. The quantitative estimate of drug-likeness (QED) is 0.100. The van der Waals surface area contributed by atoms with Crippen LogP contribution in [0.15, 0.2) is 46.2 Å². The summed E-state index contributed by atoms with van der Waals surface area (Å²) >= 11 is 11.5. The van der Waals surface area contributed by atoms with Gasteiger partial charge in [0, 0.05) is 11.4 Å². The van der Waals surface area contributed by atoms with E-state index < -0.39 is 25.1 Å². The van der Waals surface area contributed by atoms with Gasteiger partial charge in [-0.25, -0.2) is 0 Å². The first-order valence-corrected chi connectivity index (χ1v) is 14.5. The SMILES string of the molecule is COS(=O)(=O)c1cc(Nc2nc(N)nc(Cl)n2)ccc1/C=C/c1ccc(Nc2nc(N)nc(Cl)n2)cc1S(=O)(=O)O. The smallest absolute Gasteiger partial charge is 0.297 e. The number of nitrogens with zero attached hydrogens (tertiary/aromatic N) is 6. The first-order valence-electron chi connectivity index (χ1n) is 10.9. The van der Waals surface area contributed by atoms with Crippen LogP contribution in [0.4, 0.5) is 35.2 Å². The minimum Gasteiger partial charge on any atom is -0.368 e. The van der Waals surface area contributed by atoms with E-state index in [1.165, 1.54) is 42.5 Å². The van der Waals surface area contributed by atoms with Crippen molar-refractivity contribution in [3.63, 3.8) is 0 Å². The van der Waals surface area contributed by atoms with Gasteiger partial charge in [0.25, 0.3) is 20.2 Å². The summed E-state index contributed by atoms with van der Waals surface area (Å²) in [6.45, 7) is 0. The molecule has 7 N–H and O–H groups in total. The summed E-state index contributed by atoms with van der Waals surface area (Å²) in [5.41, 5.74) is 11.6. The van der Waals surface area contributed by atoms with Crippen molar-refractivity contribution in [2.45, 2.75) is 9.79 Å². The Labute approximate surface area is 242 Å². The lowest BCUT2D eigenvalue weighted by Gasteiger charge is -2.11. The number of nitrogens with two attached hydrogens (primary N) is 2. The van der Waals surface area contributed by atoms with E-state index >= 15 is 0 Å². The highest BCUT2D eigenvalue weighted by Gasteiger charge is 2.20. The number of benzene rings is 2. The van der Waals surface area contributed by atoms with Crippen molar-refractivity contribution in [1.82, 2.24) is 29.9 Å². The van der Waals surface area contributed by atoms with Gasteiger partial charge in [0.15, 0.2) is 0 Å². The van der Waals surface area contributed by atoms with Gasteiger partial charge < -0.3 is 22.1 Å². The van der Waals surface area contributed by atoms with Gasteiger partial charge in [0.2, 0.25) is 34.4 Å². The number of hydrogen-bond donors (Lipinski definition) is 5. The van der Waals surface area contributed by atoms with E-state index in [0.717, 1.165) is 13.2 Å². The highest BCUT2D eigenvalue weighted by atomic mass is 35.5. The normalized spacial score (nSPS) is 12.0. The Bertz CT molecular complexity index is 1850. The molecule has 16 nitrogen and oxygen atoms in total. The van der Waals surface area contributed by atoms with Crippen LogP contribution in [0.1, 0.15) is 11.1 Å². The molecule has 0 saturated carbocycles. The Morgan fingerprint density at radius 1 is 0.756 bits per heavy atom. The van der Waals surface area contributed by atoms with Crippen molar-refractivity contribution in [1.29, 1.82) is 0 Å². The zero-order valence-electron chi connectivity index (χ0n) is 20.5. The molecule has 214 valence electrons. The largest absolute Gasteiger partial charge is 0.368 e. The molecule has 0 saturated heterocycles. The fourth-order valence-corrected chi connectivity index (χ4v) is 5.23. The molecule has 0 spiro atoms. The van der Waals surface area contributed by atoms with E-state index in [2.05, 4.69) is 44.7 Å². The predicted molar refractivity (Wildman–Crippen MR) is 151 cm³/mol. The molecule has 0 radical (unpaired) electrons. The Balaban J connectivity index is 1.71. The number of anilines is 6. The highest BCUT2D eigenvalue weighted by molar-refractivity contribution is 7.86. The molecule has 0 aliphatic heterocycles. The molecular weight excluding hydrogens is 623 g/mol. The van der Waals surface area contributed by atoms with E-state index in [0.29, 0.717) is 0 Å². The number of nitrogen functional groups attached to an aromatic ring is 2. The molecule has 0 atom stereocenters. The number of rotatable bonds is 9. The third-order valence-electron chi connectivity index (χ3n) is 5.00. The molecule has 0 fully saturated rings. The minimum atomic E-state index is -4.75. The highest BCUT2D eigenvalue weighted by Crippen LogP contribution is 2.28. The third-order valence-corrected chi connectivity index (χ3v) is 7.58. The van der Waals surface area contributed by atoms with Crippen LogP contribution in [-0.2, 0) is 24.4 Å². The number of halogens is 2. The van der Waals surface area contributed by atoms with Gasteiger partial charge in [0.1, 0.15) is 9.79 Å². The van der Waals surface area contributed by atoms with E-state index in [1.54, 1.807) is 0 Å². The van der Waals surface area contributed by atoms with Crippen LogP contribution >= 0.6 is 23.2 Å². The average Bonchev–Trinajstić information content (AvgIpc) is 2.86. The van der Waals surface area contributed by atoms with Gasteiger partial charge in [-0.05, 0) is 58.6 Å². The van der Waals surface area contributed by atoms with Gasteiger partial charge in [-0.2, -0.15) is 46.7 Å². The van der Waals surface area contributed by atoms with Crippen LogP contribution in [0.5, 0.6) is 0 Å². The summed E-state index contributed by atoms with van der Waals surface area (Å²) in [6, 6.07) is 8.04. The molecule has 2 heterocycles. The predicted octanol–water partition coefficient (Wildman–Crippen LogP) is 2.77. The maximum absolute atomic E-state index is 12.7. The summed E-state index contributed by atoms with van der Waals surface area (Å²) in [7, 11) is -8.04. The second-order valence-electron chi connectivity index (χ2n) is 7.76. The van der Waals surface area contributed by atoms with Crippen LogP contribution in [-0.4, -0.2) is 58.4 Å². The lowest BCUT2D eigenvalue weighted by atomic mass is 10.1. The van der Waals surface area contributed by atoms with Crippen molar-refractivity contribution in [2.75, 3.05) is 29.2 Å². The monoisotopic (exact) mass is 640 g/mol. The Morgan fingerprint density at radius 3 is 1.61 bits per heavy atom. The van der Waals surface area contributed by atoms with Gasteiger partial charge in [-0.1, -0.05) is 24.3 Å². The van der Waals surface area contributed by atoms with Crippen LogP contribution in [0.25, 0.3) is 12.2 Å². The summed E-state index contributed by atoms with van der Waals surface area (Å²) in [5.74, 6) is -0.447. The molecule has 2 aromatic carbocycles. The fraction of sp³-hybridized carbons (Fsp3) is 0.0476. The molecule has 4 aromatic rings. The van der Waals surface area contributed by atoms with Crippen LogP contribution in [0, 0.1) is 0 Å². The molecule has 2 aromatic heterocycles. The second kappa shape index (κ2) is 11.7. The van der Waals surface area contributed by atoms with E-state index in [1.807, 2.05) is 0 Å². The van der Waals surface area contributed by atoms with Crippen molar-refractivity contribution >= 4 is 90.8 Å². The third kappa shape index (κ3) is 7.51. The van der Waals surface area contributed by atoms with Gasteiger partial charge in [-0.15, -0.1) is 0 Å². The van der Waals surface area contributed by atoms with Crippen LogP contribution < -0.4 is 22.1 Å². The first-order chi connectivity index (χ1) is 19.2. The molecular formula is C21H18Cl2N10O6S2. The van der Waals surface area contributed by atoms with Gasteiger partial charge in [0.05, 0.1) is 7.11 Å². The molecule has 0 unspecified atom stereocenters. The molecule has 0 aliphatic rings. The van der Waals surface area contributed by atoms with Crippen molar-refractivity contribution in [3.05, 3.63) is 58.1 Å². The lowest BCUT2D eigenvalue weighted by Crippen LogP contribution is -2.07. The Kier molecular flexibility index (Phi) is 8.52. The number of nitrogens with one attached hydrogen (secondary N) is 2. The Morgan fingerprint density at radius 2 is 1.20 bits per heavy atom. The maximum Gasteiger partial charge on any atom is 0.297 e. The van der Waals surface area contributed by atoms with Crippen LogP contribution in [0.3, 0.4) is 0 Å². The number of aromatic nitrogens is 6. The molecule has 0 bridgehead atoms. The molecule has 4 rings (SSSR count). The minimum absolute atomic E-state index is 0.0181. The van der Waals surface area contributed by atoms with Gasteiger partial charge >= 0.3 is 0 Å². The molecule has 41 heavy (non-hydrogen) atoms. The van der Waals surface area contributed by atoms with Crippen molar-refractivity contribution in [2.24, 2.45) is 0 Å². The van der Waals surface area contributed by atoms with Gasteiger partial charge in [-0.3, -0.25) is 8.74 Å². The average molecular weight is 641 g/mol. The lowest BCUT2D eigenvalue weighted by molar-refractivity contribution is 0.397. The summed E-state index contributed by atoms with van der Waals surface area (Å²) in [5, 5.41) is 5.10. The standard InChI is InChI=1S/C21H18Cl2N10O6S2/c1-39-41(37,38)15-9-13(27-21-31-17(23)29-19(25)33-21)7-5-11(15)3-2-10-4-6-12(8-14(10)40(34,35)36)26-20-30-16(22)28-18(24)32-20/h2-9H,1H3,(H,34,35,36)(H3,24,26,28,30,32)(H3,25,27,29,31,33)/b3-2+. The van der Waals surface area contributed by atoms with E-state index in [-0.39, 0.29) is 61.8 Å². The molecule has 20 heteroatoms. The maximum atomic E-state index is 12.7. The van der Waals surface area contributed by atoms with Crippen LogP contribution in [0.2, 0.25) is 10.6 Å². The summed E-state index contributed by atoms with van der Waals surface area (Å²) in [6.07, 6.45) is 2.60. The Hall–Kier alpha value is -4.20. The molecule has 0 aliphatic carbocycles. The fourth-order valence-electron chi connectivity index (χ4n) is 3.31. The topological polar surface area (TPSA) is 251 Å². The zero-order valence-corrected chi connectivity index (χ0v) is 23.7. The molecule has 0 amide bonds. The second-order valence-corrected chi connectivity index (χ2v) is 11.5. The number of hydrogen-bond acceptors (Lipinski definition) is 15. The zero-order chi connectivity index (χ0) is 29.9. The van der Waals surface area contributed by atoms with Crippen molar-refractivity contribution < 1.29 is 25.6 Å². The van der Waals surface area contributed by atoms with E-state index in [9.17, 15) is 21.4 Å². The summed E-state index contributed by atoms with van der Waals surface area (Å²) < 4.78 is 64.3. The van der Waals surface area contributed by atoms with Crippen molar-refractivity contribution in [3.8, 4) is 0 Å².